The lowest BCUT2D eigenvalue weighted by atomic mass is 9.85. The number of fused-ring (bicyclic) bond motifs is 2. The maximum absolute atomic E-state index is 15.3. The molecule has 2 aromatic carbocycles. The molecule has 3 aromatic rings. The summed E-state index contributed by atoms with van der Waals surface area (Å²) in [5.41, 5.74) is 0.499. The standard InChI is InChI=1S/C32H37ClF3N5O5S/c1-32(35,36)27-14-9-20(16-38-27)28(19-7-10-21(33)11-8-19)29(40-31(43)44)30(42)39-26-6-2-5-25(34)24(26)13-12-23-17-37-22-4-3-15-47(45,46)41(23)18-22/h2,5-11,14,16,22-23,28-29,37,40,45-46H,3-4,12-13,15,17-18H2,1H3,(H,39,42)(H,43,44)/t22?,23?,28-,29-/m0/s1. The molecule has 2 aliphatic heterocycles. The summed E-state index contributed by atoms with van der Waals surface area (Å²) >= 11 is 6.08. The summed E-state index contributed by atoms with van der Waals surface area (Å²) in [4.78, 5) is 29.8. The van der Waals surface area contributed by atoms with Crippen LogP contribution in [-0.4, -0.2) is 72.5 Å². The Morgan fingerprint density at radius 2 is 1.87 bits per heavy atom. The van der Waals surface area contributed by atoms with Crippen LogP contribution in [0.25, 0.3) is 0 Å². The van der Waals surface area contributed by atoms with Gasteiger partial charge in [0.25, 0.3) is 5.92 Å². The van der Waals surface area contributed by atoms with Crippen molar-refractivity contribution in [1.29, 1.82) is 0 Å². The first-order valence-corrected chi connectivity index (χ1v) is 17.2. The Bertz CT molecular complexity index is 1580. The van der Waals surface area contributed by atoms with Gasteiger partial charge < -0.3 is 21.1 Å². The van der Waals surface area contributed by atoms with Crippen LogP contribution >= 0.6 is 22.4 Å². The number of aromatic nitrogens is 1. The molecule has 0 radical (unpaired) electrons. The van der Waals surface area contributed by atoms with E-state index in [1.54, 1.807) is 28.6 Å². The number of pyridine rings is 1. The van der Waals surface area contributed by atoms with E-state index in [4.69, 9.17) is 11.6 Å². The van der Waals surface area contributed by atoms with E-state index in [1.807, 2.05) is 0 Å². The number of hydrogen-bond donors (Lipinski definition) is 6. The molecule has 10 nitrogen and oxygen atoms in total. The van der Waals surface area contributed by atoms with Gasteiger partial charge in [-0.25, -0.2) is 13.5 Å². The number of amides is 2. The number of rotatable bonds is 10. The molecule has 2 amide bonds. The Morgan fingerprint density at radius 1 is 1.15 bits per heavy atom. The first-order valence-electron chi connectivity index (χ1n) is 15.2. The fraction of sp³-hybridized carbons (Fsp3) is 0.406. The minimum absolute atomic E-state index is 0.116. The first-order chi connectivity index (χ1) is 22.2. The summed E-state index contributed by atoms with van der Waals surface area (Å²) in [6.45, 7) is 1.65. The topological polar surface area (TPSA) is 147 Å². The van der Waals surface area contributed by atoms with Crippen molar-refractivity contribution in [2.75, 3.05) is 24.2 Å². The average molecular weight is 696 g/mol. The summed E-state index contributed by atoms with van der Waals surface area (Å²) in [5, 5.41) is 18.5. The molecule has 47 heavy (non-hydrogen) atoms. The largest absolute Gasteiger partial charge is 0.465 e. The SMILES string of the molecule is CC(F)(F)c1ccc([C@H](c2ccc(Cl)cc2)[C@H](NC(=O)O)C(=O)Nc2cccc(F)c2CCC2CNC3CCCS(O)(O)N2C3)cn1. The summed E-state index contributed by atoms with van der Waals surface area (Å²) in [5.74, 6) is -5.41. The summed E-state index contributed by atoms with van der Waals surface area (Å²) in [7, 11) is -2.97. The molecule has 2 bridgehead atoms. The molecule has 3 unspecified atom stereocenters. The highest BCUT2D eigenvalue weighted by molar-refractivity contribution is 8.22. The van der Waals surface area contributed by atoms with E-state index in [-0.39, 0.29) is 41.1 Å². The van der Waals surface area contributed by atoms with E-state index < -0.39 is 52.2 Å². The van der Waals surface area contributed by atoms with Gasteiger partial charge in [0.15, 0.2) is 0 Å². The number of alkyl halides is 2. The highest BCUT2D eigenvalue weighted by atomic mass is 35.5. The molecule has 0 spiro atoms. The molecular formula is C32H37ClF3N5O5S. The van der Waals surface area contributed by atoms with Gasteiger partial charge in [0, 0.05) is 60.5 Å². The fourth-order valence-electron chi connectivity index (χ4n) is 6.25. The van der Waals surface area contributed by atoms with Crippen LogP contribution in [0.4, 0.5) is 23.7 Å². The summed E-state index contributed by atoms with van der Waals surface area (Å²) in [6, 6.07) is 11.2. The van der Waals surface area contributed by atoms with Gasteiger partial charge >= 0.3 is 6.09 Å². The minimum Gasteiger partial charge on any atom is -0.465 e. The van der Waals surface area contributed by atoms with Crippen molar-refractivity contribution in [3.63, 3.8) is 0 Å². The highest BCUT2D eigenvalue weighted by Crippen LogP contribution is 2.49. The lowest BCUT2D eigenvalue weighted by molar-refractivity contribution is -0.118. The predicted molar refractivity (Wildman–Crippen MR) is 175 cm³/mol. The molecule has 1 aromatic heterocycles. The number of halogens is 4. The number of anilines is 1. The zero-order valence-electron chi connectivity index (χ0n) is 25.5. The van der Waals surface area contributed by atoms with Crippen LogP contribution < -0.4 is 16.0 Å². The second kappa shape index (κ2) is 14.4. The lowest BCUT2D eigenvalue weighted by Gasteiger charge is -2.49. The van der Waals surface area contributed by atoms with Crippen molar-refractivity contribution >= 4 is 40.1 Å². The molecule has 2 aliphatic rings. The van der Waals surface area contributed by atoms with E-state index in [9.17, 15) is 32.6 Å². The van der Waals surface area contributed by atoms with Gasteiger partial charge in [-0.15, -0.1) is 10.8 Å². The Hall–Kier alpha value is -3.40. The van der Waals surface area contributed by atoms with Crippen molar-refractivity contribution in [2.24, 2.45) is 0 Å². The van der Waals surface area contributed by atoms with Crippen LogP contribution in [0.2, 0.25) is 5.02 Å². The van der Waals surface area contributed by atoms with E-state index in [1.165, 1.54) is 30.5 Å². The number of carbonyl (C=O) groups is 2. The number of nitrogens with one attached hydrogen (secondary N) is 3. The van der Waals surface area contributed by atoms with Crippen LogP contribution in [0.3, 0.4) is 0 Å². The third-order valence-corrected chi connectivity index (χ3v) is 10.9. The van der Waals surface area contributed by atoms with Gasteiger partial charge in [0.1, 0.15) is 17.6 Å². The summed E-state index contributed by atoms with van der Waals surface area (Å²) < 4.78 is 66.5. The molecule has 15 heteroatoms. The molecule has 2 saturated heterocycles. The first kappa shape index (κ1) is 34.9. The third-order valence-electron chi connectivity index (χ3n) is 8.62. The molecule has 5 atom stereocenters. The van der Waals surface area contributed by atoms with Crippen LogP contribution in [0.5, 0.6) is 0 Å². The number of carbonyl (C=O) groups excluding carboxylic acids is 1. The molecular weight excluding hydrogens is 659 g/mol. The van der Waals surface area contributed by atoms with Gasteiger partial charge in [-0.3, -0.25) is 18.9 Å². The molecule has 0 saturated carbocycles. The second-order valence-electron chi connectivity index (χ2n) is 12.0. The smallest absolute Gasteiger partial charge is 0.405 e. The van der Waals surface area contributed by atoms with E-state index >= 15 is 4.39 Å². The van der Waals surface area contributed by atoms with Gasteiger partial charge in [0.2, 0.25) is 5.91 Å². The second-order valence-corrected chi connectivity index (χ2v) is 14.5. The molecule has 2 fully saturated rings. The Balaban J connectivity index is 1.44. The molecule has 254 valence electrons. The number of carboxylic acid groups (broad SMARTS) is 1. The van der Waals surface area contributed by atoms with Crippen LogP contribution in [0.15, 0.2) is 60.8 Å². The normalized spacial score (nSPS) is 22.7. The number of piperazine rings is 1. The molecule has 3 heterocycles. The zero-order valence-corrected chi connectivity index (χ0v) is 27.1. The monoisotopic (exact) mass is 695 g/mol. The number of hydrogen-bond acceptors (Lipinski definition) is 7. The van der Waals surface area contributed by atoms with Gasteiger partial charge in [-0.1, -0.05) is 35.9 Å². The Morgan fingerprint density at radius 3 is 2.53 bits per heavy atom. The Kier molecular flexibility index (Phi) is 10.7. The van der Waals surface area contributed by atoms with Gasteiger partial charge in [0.05, 0.1) is 5.75 Å². The Labute approximate surface area is 277 Å². The van der Waals surface area contributed by atoms with Crippen molar-refractivity contribution in [2.45, 2.75) is 62.6 Å². The van der Waals surface area contributed by atoms with Crippen molar-refractivity contribution in [1.82, 2.24) is 19.9 Å². The van der Waals surface area contributed by atoms with E-state index in [0.29, 0.717) is 43.4 Å². The minimum atomic E-state index is -3.22. The van der Waals surface area contributed by atoms with Crippen molar-refractivity contribution in [3.8, 4) is 0 Å². The maximum atomic E-state index is 15.3. The van der Waals surface area contributed by atoms with E-state index in [0.717, 1.165) is 12.5 Å². The third kappa shape index (κ3) is 8.37. The zero-order chi connectivity index (χ0) is 33.9. The average Bonchev–Trinajstić information content (AvgIpc) is 3.12. The molecule has 0 aliphatic carbocycles. The van der Waals surface area contributed by atoms with Crippen LogP contribution in [-0.2, 0) is 17.1 Å². The van der Waals surface area contributed by atoms with Crippen molar-refractivity contribution in [3.05, 3.63) is 94.0 Å². The maximum Gasteiger partial charge on any atom is 0.405 e. The van der Waals surface area contributed by atoms with Gasteiger partial charge in [-0.2, -0.15) is 8.78 Å². The van der Waals surface area contributed by atoms with Gasteiger partial charge in [-0.05, 0) is 67.1 Å². The highest BCUT2D eigenvalue weighted by Gasteiger charge is 2.39. The molecule has 6 N–H and O–H groups in total. The van der Waals surface area contributed by atoms with Crippen LogP contribution in [0, 0.1) is 5.82 Å². The van der Waals surface area contributed by atoms with E-state index in [2.05, 4.69) is 20.9 Å². The number of nitrogens with zero attached hydrogens (tertiary/aromatic N) is 2. The molecule has 5 rings (SSSR count). The quantitative estimate of drug-likeness (QED) is 0.142. The fourth-order valence-corrected chi connectivity index (χ4v) is 8.25. The summed E-state index contributed by atoms with van der Waals surface area (Å²) in [6.07, 6.45) is 1.65. The number of benzene rings is 2. The lowest BCUT2D eigenvalue weighted by Crippen LogP contribution is -2.55. The van der Waals surface area contributed by atoms with Crippen LogP contribution in [0.1, 0.15) is 54.5 Å². The predicted octanol–water partition coefficient (Wildman–Crippen LogP) is 6.43. The van der Waals surface area contributed by atoms with Crippen molar-refractivity contribution < 1.29 is 37.0 Å².